The molecule has 3 heterocycles. The molecule has 6 nitrogen and oxygen atoms in total. The Hall–Kier alpha value is -2.03. The quantitative estimate of drug-likeness (QED) is 0.734. The van der Waals surface area contributed by atoms with Crippen LogP contribution in [0.3, 0.4) is 0 Å². The van der Waals surface area contributed by atoms with Crippen LogP contribution in [-0.4, -0.2) is 33.2 Å². The highest BCUT2D eigenvalue weighted by Gasteiger charge is 2.15. The Morgan fingerprint density at radius 1 is 1.48 bits per heavy atom. The van der Waals surface area contributed by atoms with Crippen LogP contribution in [0.15, 0.2) is 34.0 Å². The highest BCUT2D eigenvalue weighted by molar-refractivity contribution is 7.18. The third kappa shape index (κ3) is 3.34. The zero-order chi connectivity index (χ0) is 16.4. The molecule has 0 aromatic carbocycles. The number of fused-ring (bicyclic) bond motifs is 1. The lowest BCUT2D eigenvalue weighted by Gasteiger charge is -2.08. The van der Waals surface area contributed by atoms with Crippen LogP contribution < -0.4 is 10.9 Å². The molecule has 0 saturated heterocycles. The molecule has 0 fully saturated rings. The van der Waals surface area contributed by atoms with Gasteiger partial charge in [-0.15, -0.1) is 22.7 Å². The van der Waals surface area contributed by atoms with E-state index < -0.39 is 6.10 Å². The number of carbonyl (C=O) groups excluding carboxylic acids is 1. The van der Waals surface area contributed by atoms with Crippen molar-refractivity contribution in [3.8, 4) is 10.4 Å². The number of nitrogens with one attached hydrogen (secondary N) is 1. The van der Waals surface area contributed by atoms with Gasteiger partial charge in [0.1, 0.15) is 11.4 Å². The Labute approximate surface area is 140 Å². The number of amides is 1. The van der Waals surface area contributed by atoms with Gasteiger partial charge in [-0.25, -0.2) is 4.98 Å². The summed E-state index contributed by atoms with van der Waals surface area (Å²) in [6.45, 7) is 1.62. The van der Waals surface area contributed by atoms with Gasteiger partial charge in [0.2, 0.25) is 5.91 Å². The van der Waals surface area contributed by atoms with Gasteiger partial charge >= 0.3 is 0 Å². The summed E-state index contributed by atoms with van der Waals surface area (Å²) in [5, 5.41) is 16.2. The fourth-order valence-electron chi connectivity index (χ4n) is 2.17. The summed E-state index contributed by atoms with van der Waals surface area (Å²) in [4.78, 5) is 30.5. The molecule has 3 aromatic heterocycles. The van der Waals surface area contributed by atoms with Crippen molar-refractivity contribution >= 4 is 38.8 Å². The van der Waals surface area contributed by atoms with Crippen molar-refractivity contribution in [1.82, 2.24) is 14.9 Å². The normalized spacial score (nSPS) is 12.4. The van der Waals surface area contributed by atoms with Gasteiger partial charge in [0, 0.05) is 22.4 Å². The Bertz CT molecular complexity index is 881. The molecular weight excluding hydrogens is 334 g/mol. The summed E-state index contributed by atoms with van der Waals surface area (Å²) < 4.78 is 1.30. The number of aliphatic hydroxyl groups is 1. The molecule has 2 N–H and O–H groups in total. The zero-order valence-electron chi connectivity index (χ0n) is 12.4. The molecule has 1 atom stereocenters. The molecule has 0 aliphatic rings. The first-order chi connectivity index (χ1) is 11.1. The predicted octanol–water partition coefficient (Wildman–Crippen LogP) is 1.68. The van der Waals surface area contributed by atoms with Gasteiger partial charge in [-0.05, 0) is 18.4 Å². The van der Waals surface area contributed by atoms with Crippen LogP contribution in [0.25, 0.3) is 20.7 Å². The summed E-state index contributed by atoms with van der Waals surface area (Å²) >= 11 is 2.98. The fourth-order valence-corrected chi connectivity index (χ4v) is 3.89. The monoisotopic (exact) mass is 349 g/mol. The third-order valence-electron chi connectivity index (χ3n) is 3.26. The van der Waals surface area contributed by atoms with Gasteiger partial charge in [-0.3, -0.25) is 14.2 Å². The Kier molecular flexibility index (Phi) is 4.56. The van der Waals surface area contributed by atoms with Crippen molar-refractivity contribution in [3.63, 3.8) is 0 Å². The van der Waals surface area contributed by atoms with E-state index in [1.165, 1.54) is 22.2 Å². The molecule has 0 bridgehead atoms. The second-order valence-electron chi connectivity index (χ2n) is 5.14. The minimum atomic E-state index is -0.626. The maximum Gasteiger partial charge on any atom is 0.263 e. The molecular formula is C15H15N3O3S2. The van der Waals surface area contributed by atoms with Gasteiger partial charge in [-0.1, -0.05) is 6.07 Å². The zero-order valence-corrected chi connectivity index (χ0v) is 14.0. The van der Waals surface area contributed by atoms with Crippen LogP contribution >= 0.6 is 22.7 Å². The summed E-state index contributed by atoms with van der Waals surface area (Å²) in [7, 11) is 0. The maximum absolute atomic E-state index is 12.7. The van der Waals surface area contributed by atoms with Crippen LogP contribution in [0.1, 0.15) is 6.92 Å². The van der Waals surface area contributed by atoms with Crippen molar-refractivity contribution in [1.29, 1.82) is 0 Å². The van der Waals surface area contributed by atoms with Crippen molar-refractivity contribution in [2.24, 2.45) is 0 Å². The van der Waals surface area contributed by atoms with Crippen LogP contribution in [0.5, 0.6) is 0 Å². The topological polar surface area (TPSA) is 84.2 Å². The lowest BCUT2D eigenvalue weighted by molar-refractivity contribution is -0.122. The highest BCUT2D eigenvalue weighted by Crippen LogP contribution is 2.33. The summed E-state index contributed by atoms with van der Waals surface area (Å²) in [6, 6.07) is 3.89. The van der Waals surface area contributed by atoms with E-state index in [4.69, 9.17) is 0 Å². The number of aliphatic hydroxyl groups excluding tert-OH is 1. The molecule has 1 amide bonds. The van der Waals surface area contributed by atoms with Crippen LogP contribution in [0, 0.1) is 0 Å². The second kappa shape index (κ2) is 6.61. The first-order valence-corrected chi connectivity index (χ1v) is 8.77. The second-order valence-corrected chi connectivity index (χ2v) is 6.94. The Balaban J connectivity index is 1.94. The van der Waals surface area contributed by atoms with E-state index in [1.807, 2.05) is 22.9 Å². The van der Waals surface area contributed by atoms with E-state index >= 15 is 0 Å². The van der Waals surface area contributed by atoms with E-state index in [0.717, 1.165) is 10.4 Å². The average Bonchev–Trinajstić information content (AvgIpc) is 3.16. The standard InChI is InChI=1S/C15H15N3O3S2/c1-9(19)5-16-12(20)6-18-8-17-14-13(15(18)21)10(7-23-14)11-3-2-4-22-11/h2-4,7-9,19H,5-6H2,1H3,(H,16,20). The molecule has 120 valence electrons. The number of hydrogen-bond acceptors (Lipinski definition) is 6. The third-order valence-corrected chi connectivity index (χ3v) is 5.05. The summed E-state index contributed by atoms with van der Waals surface area (Å²) in [5.74, 6) is -0.331. The van der Waals surface area contributed by atoms with Crippen LogP contribution in [0.4, 0.5) is 0 Å². The van der Waals surface area contributed by atoms with Gasteiger partial charge in [0.25, 0.3) is 5.56 Å². The highest BCUT2D eigenvalue weighted by atomic mass is 32.1. The van der Waals surface area contributed by atoms with Crippen molar-refractivity contribution in [2.75, 3.05) is 6.54 Å². The number of aromatic nitrogens is 2. The Morgan fingerprint density at radius 2 is 2.30 bits per heavy atom. The lowest BCUT2D eigenvalue weighted by Crippen LogP contribution is -2.35. The van der Waals surface area contributed by atoms with Crippen molar-refractivity contribution < 1.29 is 9.90 Å². The first kappa shape index (κ1) is 15.9. The largest absolute Gasteiger partial charge is 0.392 e. The fraction of sp³-hybridized carbons (Fsp3) is 0.267. The SMILES string of the molecule is CC(O)CNC(=O)Cn1cnc2scc(-c3cccs3)c2c1=O. The number of nitrogens with zero attached hydrogens (tertiary/aromatic N) is 2. The lowest BCUT2D eigenvalue weighted by atomic mass is 10.2. The molecule has 0 spiro atoms. The van der Waals surface area contributed by atoms with E-state index in [2.05, 4.69) is 10.3 Å². The van der Waals surface area contributed by atoms with E-state index in [9.17, 15) is 14.7 Å². The Morgan fingerprint density at radius 3 is 3.00 bits per heavy atom. The molecule has 0 saturated carbocycles. The molecule has 8 heteroatoms. The molecule has 0 radical (unpaired) electrons. The van der Waals surface area contributed by atoms with Gasteiger partial charge in [-0.2, -0.15) is 0 Å². The minimum absolute atomic E-state index is 0.117. The molecule has 23 heavy (non-hydrogen) atoms. The van der Waals surface area contributed by atoms with Crippen molar-refractivity contribution in [3.05, 3.63) is 39.6 Å². The smallest absolute Gasteiger partial charge is 0.263 e. The maximum atomic E-state index is 12.7. The first-order valence-electron chi connectivity index (χ1n) is 7.01. The number of thiophene rings is 2. The van der Waals surface area contributed by atoms with Crippen molar-refractivity contribution in [2.45, 2.75) is 19.6 Å². The van der Waals surface area contributed by atoms with E-state index in [-0.39, 0.29) is 24.6 Å². The van der Waals surface area contributed by atoms with Crippen LogP contribution in [-0.2, 0) is 11.3 Å². The number of carbonyl (C=O) groups is 1. The molecule has 3 aromatic rings. The van der Waals surface area contributed by atoms with Gasteiger partial charge in [0.15, 0.2) is 0 Å². The predicted molar refractivity (Wildman–Crippen MR) is 91.9 cm³/mol. The average molecular weight is 349 g/mol. The van der Waals surface area contributed by atoms with E-state index in [1.54, 1.807) is 18.3 Å². The number of rotatable bonds is 5. The number of hydrogen-bond donors (Lipinski definition) is 2. The molecule has 0 aliphatic carbocycles. The van der Waals surface area contributed by atoms with Gasteiger partial charge in [0.05, 0.1) is 17.8 Å². The molecule has 1 unspecified atom stereocenters. The molecule has 3 rings (SSSR count). The minimum Gasteiger partial charge on any atom is -0.392 e. The summed E-state index contributed by atoms with van der Waals surface area (Å²) in [6.07, 6.45) is 0.764. The molecule has 0 aliphatic heterocycles. The van der Waals surface area contributed by atoms with Crippen LogP contribution in [0.2, 0.25) is 0 Å². The summed E-state index contributed by atoms with van der Waals surface area (Å²) in [5.41, 5.74) is 0.628. The van der Waals surface area contributed by atoms with E-state index in [0.29, 0.717) is 10.2 Å². The van der Waals surface area contributed by atoms with Gasteiger partial charge < -0.3 is 10.4 Å².